The van der Waals surface area contributed by atoms with Crippen molar-refractivity contribution < 1.29 is 67.3 Å². The van der Waals surface area contributed by atoms with Crippen LogP contribution in [0.4, 0.5) is 48.3 Å². The van der Waals surface area contributed by atoms with Crippen molar-refractivity contribution in [3.05, 3.63) is 0 Å². The molecule has 0 N–H and O–H groups in total. The predicted octanol–water partition coefficient (Wildman–Crippen LogP) is 5.20. The molecule has 4 nitrogen and oxygen atoms in total. The SMILES string of the molecule is CCC(C)(C)C(=O)OCOC(C)OCC1(F)C(F)(F)C(F)(F)C(F)(F)C(F)(F)C1(F)F. The molecule has 0 aromatic rings. The quantitative estimate of drug-likeness (QED) is 0.270. The summed E-state index contributed by atoms with van der Waals surface area (Å²) < 4.78 is 162. The van der Waals surface area contributed by atoms with Crippen molar-refractivity contribution >= 4 is 5.97 Å². The molecule has 0 spiro atoms. The molecule has 1 unspecified atom stereocenters. The topological polar surface area (TPSA) is 44.8 Å². The lowest BCUT2D eigenvalue weighted by atomic mass is 9.72. The maximum Gasteiger partial charge on any atom is 0.384 e. The Morgan fingerprint density at radius 1 is 0.774 bits per heavy atom. The standard InChI is InChI=1S/C16H19F11O4/c1-5-10(3,4)9(28)31-7-30-8(2)29-6-11(17)12(18,19)14(22,23)16(26,27)15(24,25)13(11,20)21/h8H,5-7H2,1-4H3. The summed E-state index contributed by atoms with van der Waals surface area (Å²) in [7, 11) is 0. The molecule has 0 radical (unpaired) electrons. The summed E-state index contributed by atoms with van der Waals surface area (Å²) >= 11 is 0. The van der Waals surface area contributed by atoms with Gasteiger partial charge in [-0.05, 0) is 27.2 Å². The maximum absolute atomic E-state index is 14.4. The van der Waals surface area contributed by atoms with Crippen LogP contribution in [0.2, 0.25) is 0 Å². The van der Waals surface area contributed by atoms with Crippen LogP contribution in [0.5, 0.6) is 0 Å². The molecule has 1 fully saturated rings. The summed E-state index contributed by atoms with van der Waals surface area (Å²) in [5.41, 5.74) is -7.25. The van der Waals surface area contributed by atoms with E-state index in [-0.39, 0.29) is 0 Å². The van der Waals surface area contributed by atoms with Crippen LogP contribution in [0, 0.1) is 5.41 Å². The third-order valence-electron chi connectivity index (χ3n) is 5.02. The number of alkyl halides is 11. The van der Waals surface area contributed by atoms with Crippen LogP contribution in [0.15, 0.2) is 0 Å². The van der Waals surface area contributed by atoms with E-state index in [1.165, 1.54) is 13.8 Å². The number of rotatable bonds is 8. The van der Waals surface area contributed by atoms with E-state index in [4.69, 9.17) is 0 Å². The zero-order valence-corrected chi connectivity index (χ0v) is 16.5. The molecule has 1 aliphatic carbocycles. The lowest BCUT2D eigenvalue weighted by Gasteiger charge is -2.52. The monoisotopic (exact) mass is 484 g/mol. The normalized spacial score (nSPS) is 26.2. The van der Waals surface area contributed by atoms with E-state index in [9.17, 15) is 53.1 Å². The van der Waals surface area contributed by atoms with Gasteiger partial charge in [-0.15, -0.1) is 0 Å². The van der Waals surface area contributed by atoms with Gasteiger partial charge < -0.3 is 14.2 Å². The molecule has 1 aliphatic rings. The molecular formula is C16H19F11O4. The van der Waals surface area contributed by atoms with Gasteiger partial charge in [-0.25, -0.2) is 4.39 Å². The number of ether oxygens (including phenoxy) is 3. The van der Waals surface area contributed by atoms with Gasteiger partial charge in [0.1, 0.15) is 0 Å². The average Bonchev–Trinajstić information content (AvgIpc) is 2.64. The lowest BCUT2D eigenvalue weighted by Crippen LogP contribution is -2.84. The van der Waals surface area contributed by atoms with E-state index in [1.807, 2.05) is 0 Å². The predicted molar refractivity (Wildman–Crippen MR) is 80.1 cm³/mol. The van der Waals surface area contributed by atoms with Gasteiger partial charge in [0, 0.05) is 0 Å². The molecule has 0 aliphatic heterocycles. The van der Waals surface area contributed by atoms with E-state index in [0.29, 0.717) is 13.3 Å². The van der Waals surface area contributed by atoms with Crippen LogP contribution in [-0.2, 0) is 19.0 Å². The highest BCUT2D eigenvalue weighted by atomic mass is 19.4. The molecule has 0 bridgehead atoms. The minimum absolute atomic E-state index is 0.305. The first-order valence-electron chi connectivity index (χ1n) is 8.57. The number of esters is 1. The first kappa shape index (κ1) is 27.7. The van der Waals surface area contributed by atoms with Crippen molar-refractivity contribution in [1.29, 1.82) is 0 Å². The van der Waals surface area contributed by atoms with Crippen LogP contribution < -0.4 is 0 Å². The second kappa shape index (κ2) is 7.89. The Balaban J connectivity index is 3.01. The van der Waals surface area contributed by atoms with E-state index in [0.717, 1.165) is 0 Å². The fraction of sp³-hybridized carbons (Fsp3) is 0.938. The molecule has 0 saturated heterocycles. The second-order valence-corrected chi connectivity index (χ2v) is 7.51. The number of carbonyl (C=O) groups is 1. The second-order valence-electron chi connectivity index (χ2n) is 7.51. The smallest absolute Gasteiger partial charge is 0.384 e. The highest BCUT2D eigenvalue weighted by Gasteiger charge is 3.01. The van der Waals surface area contributed by atoms with Gasteiger partial charge >= 0.3 is 35.6 Å². The number of halogens is 11. The molecule has 0 amide bonds. The molecule has 0 aromatic carbocycles. The van der Waals surface area contributed by atoms with E-state index in [1.54, 1.807) is 6.92 Å². The minimum Gasteiger partial charge on any atom is -0.438 e. The van der Waals surface area contributed by atoms with Crippen molar-refractivity contribution in [3.63, 3.8) is 0 Å². The number of hydrogen-bond donors (Lipinski definition) is 0. The Morgan fingerprint density at radius 3 is 1.55 bits per heavy atom. The molecule has 184 valence electrons. The summed E-state index contributed by atoms with van der Waals surface area (Å²) in [5.74, 6) is -36.5. The zero-order chi connectivity index (χ0) is 24.9. The van der Waals surface area contributed by atoms with Crippen LogP contribution >= 0.6 is 0 Å². The Bertz CT molecular complexity index is 648. The van der Waals surface area contributed by atoms with Gasteiger partial charge in [0.25, 0.3) is 5.67 Å². The summed E-state index contributed by atoms with van der Waals surface area (Å²) in [5, 5.41) is 0. The van der Waals surface area contributed by atoms with Gasteiger partial charge in [0.05, 0.1) is 12.0 Å². The number of carbonyl (C=O) groups excluding carboxylic acids is 1. The van der Waals surface area contributed by atoms with Gasteiger partial charge in [0.2, 0.25) is 0 Å². The summed E-state index contributed by atoms with van der Waals surface area (Å²) in [4.78, 5) is 11.7. The van der Waals surface area contributed by atoms with E-state index >= 15 is 0 Å². The molecule has 1 rings (SSSR count). The lowest BCUT2D eigenvalue weighted by molar-refractivity contribution is -0.489. The molecule has 1 atom stereocenters. The Hall–Kier alpha value is -1.38. The summed E-state index contributed by atoms with van der Waals surface area (Å²) in [6.45, 7) is 1.36. The molecule has 31 heavy (non-hydrogen) atoms. The highest BCUT2D eigenvalue weighted by Crippen LogP contribution is 2.69. The van der Waals surface area contributed by atoms with E-state index < -0.39 is 66.4 Å². The number of hydrogen-bond acceptors (Lipinski definition) is 4. The zero-order valence-electron chi connectivity index (χ0n) is 16.5. The first-order valence-corrected chi connectivity index (χ1v) is 8.57. The van der Waals surface area contributed by atoms with Gasteiger partial charge in [-0.1, -0.05) is 6.92 Å². The molecule has 15 heteroatoms. The first-order chi connectivity index (χ1) is 13.6. The molecular weight excluding hydrogens is 465 g/mol. The van der Waals surface area contributed by atoms with Gasteiger partial charge in [-0.3, -0.25) is 4.79 Å². The van der Waals surface area contributed by atoms with Crippen molar-refractivity contribution in [3.8, 4) is 0 Å². The summed E-state index contributed by atoms with van der Waals surface area (Å²) in [6, 6.07) is 0. The van der Waals surface area contributed by atoms with Gasteiger partial charge in [0.15, 0.2) is 13.1 Å². The van der Waals surface area contributed by atoms with Crippen LogP contribution in [0.25, 0.3) is 0 Å². The Morgan fingerprint density at radius 2 is 1.16 bits per heavy atom. The summed E-state index contributed by atoms with van der Waals surface area (Å²) in [6.07, 6.45) is -1.74. The van der Waals surface area contributed by atoms with E-state index in [2.05, 4.69) is 14.2 Å². The maximum atomic E-state index is 14.4. The van der Waals surface area contributed by atoms with Crippen molar-refractivity contribution in [1.82, 2.24) is 0 Å². The Kier molecular flexibility index (Phi) is 7.03. The fourth-order valence-electron chi connectivity index (χ4n) is 2.27. The van der Waals surface area contributed by atoms with Crippen molar-refractivity contribution in [2.45, 2.75) is 75.7 Å². The van der Waals surface area contributed by atoms with Crippen molar-refractivity contribution in [2.75, 3.05) is 13.4 Å². The van der Waals surface area contributed by atoms with Crippen LogP contribution in [-0.4, -0.2) is 60.9 Å². The highest BCUT2D eigenvalue weighted by molar-refractivity contribution is 5.75. The molecule has 1 saturated carbocycles. The molecule has 0 aromatic heterocycles. The van der Waals surface area contributed by atoms with Gasteiger partial charge in [-0.2, -0.15) is 43.9 Å². The third kappa shape index (κ3) is 3.74. The van der Waals surface area contributed by atoms with Crippen LogP contribution in [0.1, 0.15) is 34.1 Å². The van der Waals surface area contributed by atoms with Crippen LogP contribution in [0.3, 0.4) is 0 Å². The fourth-order valence-corrected chi connectivity index (χ4v) is 2.27. The molecule has 0 heterocycles. The largest absolute Gasteiger partial charge is 0.438 e. The Labute approximate surface area is 169 Å². The minimum atomic E-state index is -7.29. The van der Waals surface area contributed by atoms with Crippen molar-refractivity contribution in [2.24, 2.45) is 5.41 Å². The average molecular weight is 484 g/mol. The third-order valence-corrected chi connectivity index (χ3v) is 5.02.